The Balaban J connectivity index is 1.75. The molecule has 0 radical (unpaired) electrons. The quantitative estimate of drug-likeness (QED) is 0.525. The van der Waals surface area contributed by atoms with E-state index in [-0.39, 0.29) is 23.9 Å². The van der Waals surface area contributed by atoms with E-state index in [1.165, 1.54) is 4.90 Å². The van der Waals surface area contributed by atoms with Gasteiger partial charge < -0.3 is 15.0 Å². The van der Waals surface area contributed by atoms with Crippen LogP contribution in [0.4, 0.5) is 4.79 Å². The predicted octanol–water partition coefficient (Wildman–Crippen LogP) is -0.824. The average molecular weight is 255 g/mol. The van der Waals surface area contributed by atoms with E-state index in [4.69, 9.17) is 4.74 Å². The third-order valence-electron chi connectivity index (χ3n) is 3.19. The fraction of sp³-hybridized carbons (Fsp3) is 0.727. The van der Waals surface area contributed by atoms with Gasteiger partial charge in [0.2, 0.25) is 11.8 Å². The van der Waals surface area contributed by atoms with Crippen LogP contribution < -0.4 is 5.32 Å². The number of rotatable bonds is 4. The molecule has 2 fully saturated rings. The summed E-state index contributed by atoms with van der Waals surface area (Å²) >= 11 is 0. The molecule has 2 aliphatic rings. The van der Waals surface area contributed by atoms with Crippen molar-refractivity contribution in [2.75, 3.05) is 33.4 Å². The van der Waals surface area contributed by atoms with Crippen molar-refractivity contribution in [1.29, 1.82) is 0 Å². The van der Waals surface area contributed by atoms with Crippen molar-refractivity contribution in [3.8, 4) is 0 Å². The van der Waals surface area contributed by atoms with Crippen molar-refractivity contribution in [2.24, 2.45) is 0 Å². The molecule has 7 heteroatoms. The van der Waals surface area contributed by atoms with E-state index >= 15 is 0 Å². The van der Waals surface area contributed by atoms with Crippen molar-refractivity contribution < 1.29 is 19.1 Å². The van der Waals surface area contributed by atoms with Gasteiger partial charge in [-0.1, -0.05) is 0 Å². The Hall–Kier alpha value is -1.63. The summed E-state index contributed by atoms with van der Waals surface area (Å²) in [6, 6.07) is -0.317. The number of nitrogens with zero attached hydrogens (tertiary/aromatic N) is 2. The number of nitrogens with one attached hydrogen (secondary N) is 1. The average Bonchev–Trinajstić information content (AvgIpc) is 2.59. The highest BCUT2D eigenvalue weighted by Gasteiger charge is 2.42. The van der Waals surface area contributed by atoms with E-state index in [2.05, 4.69) is 5.32 Å². The molecule has 0 bridgehead atoms. The molecule has 0 unspecified atom stereocenters. The number of hydrogen-bond acceptors (Lipinski definition) is 4. The van der Waals surface area contributed by atoms with Gasteiger partial charge in [-0.25, -0.2) is 4.79 Å². The lowest BCUT2D eigenvalue weighted by Gasteiger charge is -2.42. The highest BCUT2D eigenvalue weighted by Crippen LogP contribution is 2.22. The van der Waals surface area contributed by atoms with Crippen LogP contribution in [0.15, 0.2) is 0 Å². The zero-order valence-corrected chi connectivity index (χ0v) is 10.3. The van der Waals surface area contributed by atoms with Gasteiger partial charge in [0.05, 0.1) is 12.6 Å². The monoisotopic (exact) mass is 255 g/mol. The molecule has 7 nitrogen and oxygen atoms in total. The predicted molar refractivity (Wildman–Crippen MR) is 61.7 cm³/mol. The Morgan fingerprint density at radius 1 is 1.33 bits per heavy atom. The Morgan fingerprint density at radius 3 is 2.50 bits per heavy atom. The number of carbonyl (C=O) groups excluding carboxylic acids is 3. The molecule has 0 atom stereocenters. The van der Waals surface area contributed by atoms with Gasteiger partial charge in [-0.3, -0.25) is 14.5 Å². The molecule has 100 valence electrons. The van der Waals surface area contributed by atoms with E-state index in [1.54, 1.807) is 12.0 Å². The van der Waals surface area contributed by atoms with Crippen molar-refractivity contribution >= 4 is 17.8 Å². The molecular formula is C11H17N3O4. The maximum Gasteiger partial charge on any atom is 0.317 e. The lowest BCUT2D eigenvalue weighted by molar-refractivity contribution is -0.144. The third-order valence-corrected chi connectivity index (χ3v) is 3.19. The van der Waals surface area contributed by atoms with Crippen molar-refractivity contribution in [2.45, 2.75) is 18.9 Å². The molecular weight excluding hydrogens is 238 g/mol. The third kappa shape index (κ3) is 2.45. The minimum absolute atomic E-state index is 0.121. The van der Waals surface area contributed by atoms with Gasteiger partial charge in [0.25, 0.3) is 0 Å². The molecule has 0 spiro atoms. The normalized spacial score (nSPS) is 20.3. The molecule has 2 rings (SSSR count). The summed E-state index contributed by atoms with van der Waals surface area (Å²) in [5.41, 5.74) is 0. The first-order valence-electron chi connectivity index (χ1n) is 6.00. The number of imide groups is 1. The number of urea groups is 1. The Bertz CT molecular complexity index is 349. The summed E-state index contributed by atoms with van der Waals surface area (Å²) in [5, 5.41) is 2.69. The summed E-state index contributed by atoms with van der Waals surface area (Å²) in [5.74, 6) is -0.242. The van der Waals surface area contributed by atoms with Crippen LogP contribution >= 0.6 is 0 Å². The molecule has 0 aromatic heterocycles. The molecule has 0 saturated carbocycles. The van der Waals surface area contributed by atoms with Crippen LogP contribution in [0.2, 0.25) is 0 Å². The van der Waals surface area contributed by atoms with E-state index in [0.717, 1.165) is 0 Å². The zero-order chi connectivity index (χ0) is 13.1. The van der Waals surface area contributed by atoms with Gasteiger partial charge in [-0.05, 0) is 0 Å². The molecule has 18 heavy (non-hydrogen) atoms. The van der Waals surface area contributed by atoms with Crippen LogP contribution in [0.5, 0.6) is 0 Å². The molecule has 1 N–H and O–H groups in total. The summed E-state index contributed by atoms with van der Waals surface area (Å²) < 4.78 is 4.82. The minimum atomic E-state index is -0.178. The number of ether oxygens (including phenoxy) is 1. The van der Waals surface area contributed by atoms with Gasteiger partial charge in [0.15, 0.2) is 0 Å². The Morgan fingerprint density at radius 2 is 1.94 bits per heavy atom. The van der Waals surface area contributed by atoms with Crippen LogP contribution in [-0.4, -0.2) is 67.0 Å². The van der Waals surface area contributed by atoms with Gasteiger partial charge in [-0.2, -0.15) is 0 Å². The van der Waals surface area contributed by atoms with E-state index < -0.39 is 0 Å². The minimum Gasteiger partial charge on any atom is -0.383 e. The maximum atomic E-state index is 11.6. The Labute approximate surface area is 105 Å². The number of carbonyl (C=O) groups is 3. The summed E-state index contributed by atoms with van der Waals surface area (Å²) in [6.45, 7) is 1.77. The second-order valence-corrected chi connectivity index (χ2v) is 4.44. The lowest BCUT2D eigenvalue weighted by Crippen LogP contribution is -2.64. The smallest absolute Gasteiger partial charge is 0.317 e. The van der Waals surface area contributed by atoms with Gasteiger partial charge in [-0.15, -0.1) is 0 Å². The van der Waals surface area contributed by atoms with E-state index in [0.29, 0.717) is 39.1 Å². The van der Waals surface area contributed by atoms with Crippen molar-refractivity contribution in [1.82, 2.24) is 15.1 Å². The first kappa shape index (κ1) is 12.8. The largest absolute Gasteiger partial charge is 0.383 e. The number of hydrogen-bond donors (Lipinski definition) is 1. The van der Waals surface area contributed by atoms with Crippen LogP contribution in [0.3, 0.4) is 0 Å². The van der Waals surface area contributed by atoms with E-state index in [9.17, 15) is 14.4 Å². The van der Waals surface area contributed by atoms with Gasteiger partial charge >= 0.3 is 6.03 Å². The van der Waals surface area contributed by atoms with Gasteiger partial charge in [0, 0.05) is 39.6 Å². The first-order chi connectivity index (χ1) is 8.63. The van der Waals surface area contributed by atoms with Crippen LogP contribution in [0.1, 0.15) is 12.8 Å². The SMILES string of the molecule is COCCNC(=O)N1CC(N2C(=O)CCC2=O)C1. The molecule has 4 amide bonds. The topological polar surface area (TPSA) is 79.0 Å². The van der Waals surface area contributed by atoms with Crippen LogP contribution in [0.25, 0.3) is 0 Å². The molecule has 2 heterocycles. The second-order valence-electron chi connectivity index (χ2n) is 4.44. The second kappa shape index (κ2) is 5.34. The fourth-order valence-electron chi connectivity index (χ4n) is 2.16. The first-order valence-corrected chi connectivity index (χ1v) is 6.00. The summed E-state index contributed by atoms with van der Waals surface area (Å²) in [4.78, 5) is 37.4. The highest BCUT2D eigenvalue weighted by molar-refractivity contribution is 6.02. The zero-order valence-electron chi connectivity index (χ0n) is 10.3. The number of methoxy groups -OCH3 is 1. The molecule has 2 aliphatic heterocycles. The highest BCUT2D eigenvalue weighted by atomic mass is 16.5. The summed E-state index contributed by atoms with van der Waals surface area (Å²) in [6.07, 6.45) is 0.602. The molecule has 0 aliphatic carbocycles. The van der Waals surface area contributed by atoms with E-state index in [1.807, 2.05) is 0 Å². The number of amides is 4. The van der Waals surface area contributed by atoms with Crippen molar-refractivity contribution in [3.05, 3.63) is 0 Å². The summed E-state index contributed by atoms with van der Waals surface area (Å²) in [7, 11) is 1.57. The maximum absolute atomic E-state index is 11.6. The van der Waals surface area contributed by atoms with Crippen LogP contribution in [-0.2, 0) is 14.3 Å². The van der Waals surface area contributed by atoms with Crippen molar-refractivity contribution in [3.63, 3.8) is 0 Å². The fourth-order valence-corrected chi connectivity index (χ4v) is 2.16. The molecule has 2 saturated heterocycles. The lowest BCUT2D eigenvalue weighted by atomic mass is 10.1. The molecule has 0 aromatic carbocycles. The molecule has 0 aromatic rings. The Kier molecular flexibility index (Phi) is 3.81. The van der Waals surface area contributed by atoms with Gasteiger partial charge in [0.1, 0.15) is 0 Å². The van der Waals surface area contributed by atoms with Crippen LogP contribution in [0, 0.1) is 0 Å². The standard InChI is InChI=1S/C11H17N3O4/c1-18-5-4-12-11(17)13-6-8(7-13)14-9(15)2-3-10(14)16/h8H,2-7H2,1H3,(H,12,17). The number of likely N-dealkylation sites (tertiary alicyclic amines) is 2.